The van der Waals surface area contributed by atoms with Crippen LogP contribution < -0.4 is 5.73 Å². The molecule has 0 atom stereocenters. The van der Waals surface area contributed by atoms with Crippen molar-refractivity contribution in [3.05, 3.63) is 12.2 Å². The Balaban J connectivity index is 3.69. The Morgan fingerprint density at radius 2 is 2.08 bits per heavy atom. The number of nitrogens with two attached hydrogens (primary N) is 1. The van der Waals surface area contributed by atoms with E-state index in [0.717, 1.165) is 0 Å². The lowest BCUT2D eigenvalue weighted by Gasteiger charge is -2.00. The summed E-state index contributed by atoms with van der Waals surface area (Å²) >= 11 is 0. The van der Waals surface area contributed by atoms with Crippen LogP contribution >= 0.6 is 0 Å². The molecular formula is C8H13NO3. The molecule has 0 aliphatic carbocycles. The van der Waals surface area contributed by atoms with Crippen molar-refractivity contribution in [2.45, 2.75) is 19.8 Å². The molecule has 2 N–H and O–H groups in total. The van der Waals surface area contributed by atoms with E-state index in [0.29, 0.717) is 13.0 Å². The van der Waals surface area contributed by atoms with Gasteiger partial charge in [-0.1, -0.05) is 6.58 Å². The van der Waals surface area contributed by atoms with Crippen molar-refractivity contribution in [2.75, 3.05) is 6.54 Å². The molecule has 0 aromatic heterocycles. The third kappa shape index (κ3) is 4.62. The van der Waals surface area contributed by atoms with Gasteiger partial charge >= 0.3 is 11.9 Å². The minimum Gasteiger partial charge on any atom is -0.390 e. The van der Waals surface area contributed by atoms with Crippen molar-refractivity contribution in [1.29, 1.82) is 0 Å². The highest BCUT2D eigenvalue weighted by atomic mass is 16.6. The summed E-state index contributed by atoms with van der Waals surface area (Å²) in [5.74, 6) is -1.22. The van der Waals surface area contributed by atoms with Crippen LogP contribution in [0.4, 0.5) is 0 Å². The molecule has 0 spiro atoms. The van der Waals surface area contributed by atoms with E-state index in [-0.39, 0.29) is 12.0 Å². The van der Waals surface area contributed by atoms with Crippen molar-refractivity contribution < 1.29 is 14.3 Å². The first-order chi connectivity index (χ1) is 5.57. The second-order valence-corrected chi connectivity index (χ2v) is 2.43. The lowest BCUT2D eigenvalue weighted by atomic mass is 10.3. The van der Waals surface area contributed by atoms with Gasteiger partial charge in [0.05, 0.1) is 0 Å². The molecule has 0 heterocycles. The average Bonchev–Trinajstić information content (AvgIpc) is 2.00. The molecule has 4 nitrogen and oxygen atoms in total. The van der Waals surface area contributed by atoms with Gasteiger partial charge in [-0.05, 0) is 19.9 Å². The van der Waals surface area contributed by atoms with Crippen LogP contribution in [0.1, 0.15) is 19.8 Å². The van der Waals surface area contributed by atoms with Crippen molar-refractivity contribution >= 4 is 11.9 Å². The molecule has 0 bridgehead atoms. The molecule has 0 rings (SSSR count). The quantitative estimate of drug-likeness (QED) is 0.377. The first-order valence-electron chi connectivity index (χ1n) is 3.68. The SMILES string of the molecule is C=C(C)C(=O)OC(=O)CCCN. The monoisotopic (exact) mass is 171 g/mol. The van der Waals surface area contributed by atoms with E-state index in [1.807, 2.05) is 0 Å². The Labute approximate surface area is 71.4 Å². The third-order valence-electron chi connectivity index (χ3n) is 1.14. The Kier molecular flexibility index (Phi) is 4.96. The zero-order valence-electron chi connectivity index (χ0n) is 7.13. The molecule has 0 aromatic rings. The van der Waals surface area contributed by atoms with Crippen LogP contribution in [0.25, 0.3) is 0 Å². The van der Waals surface area contributed by atoms with E-state index in [9.17, 15) is 9.59 Å². The van der Waals surface area contributed by atoms with Crippen molar-refractivity contribution in [3.63, 3.8) is 0 Å². The topological polar surface area (TPSA) is 69.4 Å². The van der Waals surface area contributed by atoms with Gasteiger partial charge in [0.25, 0.3) is 0 Å². The second-order valence-electron chi connectivity index (χ2n) is 2.43. The highest BCUT2D eigenvalue weighted by Crippen LogP contribution is 1.96. The number of rotatable bonds is 4. The molecule has 0 aliphatic heterocycles. The van der Waals surface area contributed by atoms with Crippen LogP contribution in [0, 0.1) is 0 Å². The van der Waals surface area contributed by atoms with Crippen LogP contribution in [-0.4, -0.2) is 18.5 Å². The summed E-state index contributed by atoms with van der Waals surface area (Å²) in [5, 5.41) is 0. The van der Waals surface area contributed by atoms with Gasteiger partial charge in [0.1, 0.15) is 0 Å². The van der Waals surface area contributed by atoms with Gasteiger partial charge < -0.3 is 10.5 Å². The van der Waals surface area contributed by atoms with E-state index in [1.54, 1.807) is 0 Å². The van der Waals surface area contributed by atoms with Crippen molar-refractivity contribution in [3.8, 4) is 0 Å². The largest absolute Gasteiger partial charge is 0.390 e. The van der Waals surface area contributed by atoms with E-state index >= 15 is 0 Å². The maximum Gasteiger partial charge on any atom is 0.340 e. The van der Waals surface area contributed by atoms with Crippen molar-refractivity contribution in [2.24, 2.45) is 5.73 Å². The summed E-state index contributed by atoms with van der Waals surface area (Å²) in [6.45, 7) is 5.23. The first kappa shape index (κ1) is 10.8. The van der Waals surface area contributed by atoms with Gasteiger partial charge in [-0.2, -0.15) is 0 Å². The molecule has 0 unspecified atom stereocenters. The third-order valence-corrected chi connectivity index (χ3v) is 1.14. The van der Waals surface area contributed by atoms with Gasteiger partial charge in [-0.25, -0.2) is 4.79 Å². The van der Waals surface area contributed by atoms with E-state index in [2.05, 4.69) is 11.3 Å². The van der Waals surface area contributed by atoms with Gasteiger partial charge in [-0.3, -0.25) is 4.79 Å². The predicted molar refractivity (Wildman–Crippen MR) is 44.2 cm³/mol. The molecule has 0 aliphatic rings. The predicted octanol–water partition coefficient (Wildman–Crippen LogP) is 0.371. The summed E-state index contributed by atoms with van der Waals surface area (Å²) in [4.78, 5) is 21.5. The number of hydrogen-bond acceptors (Lipinski definition) is 4. The molecule has 0 radical (unpaired) electrons. The highest BCUT2D eigenvalue weighted by Gasteiger charge is 2.09. The fourth-order valence-corrected chi connectivity index (χ4v) is 0.488. The standard InChI is InChI=1S/C8H13NO3/c1-6(2)8(11)12-7(10)4-3-5-9/h1,3-5,9H2,2H3. The zero-order chi connectivity index (χ0) is 9.56. The number of esters is 2. The Bertz CT molecular complexity index is 198. The fourth-order valence-electron chi connectivity index (χ4n) is 0.488. The van der Waals surface area contributed by atoms with Gasteiger partial charge in [0.2, 0.25) is 0 Å². The summed E-state index contributed by atoms with van der Waals surface area (Å²) in [6.07, 6.45) is 0.706. The molecule has 0 saturated carbocycles. The van der Waals surface area contributed by atoms with Crippen molar-refractivity contribution in [1.82, 2.24) is 0 Å². The number of carbonyl (C=O) groups excluding carboxylic acids is 2. The smallest absolute Gasteiger partial charge is 0.340 e. The molecule has 0 amide bonds. The molecule has 68 valence electrons. The number of hydrogen-bond donors (Lipinski definition) is 1. The molecule has 0 saturated heterocycles. The Morgan fingerprint density at radius 1 is 1.50 bits per heavy atom. The fraction of sp³-hybridized carbons (Fsp3) is 0.500. The highest BCUT2D eigenvalue weighted by molar-refractivity contribution is 5.95. The molecular weight excluding hydrogens is 158 g/mol. The van der Waals surface area contributed by atoms with Crippen LogP contribution in [0.3, 0.4) is 0 Å². The van der Waals surface area contributed by atoms with Crippen LogP contribution in [0.5, 0.6) is 0 Å². The molecule has 4 heteroatoms. The summed E-state index contributed by atoms with van der Waals surface area (Å²) in [5.41, 5.74) is 5.38. The Morgan fingerprint density at radius 3 is 2.50 bits per heavy atom. The van der Waals surface area contributed by atoms with E-state index in [4.69, 9.17) is 5.73 Å². The first-order valence-corrected chi connectivity index (χ1v) is 3.68. The van der Waals surface area contributed by atoms with E-state index < -0.39 is 11.9 Å². The lowest BCUT2D eigenvalue weighted by Crippen LogP contribution is -2.13. The maximum atomic E-state index is 10.8. The Hall–Kier alpha value is -1.16. The zero-order valence-corrected chi connectivity index (χ0v) is 7.13. The average molecular weight is 171 g/mol. The molecule has 0 aromatic carbocycles. The van der Waals surface area contributed by atoms with E-state index in [1.165, 1.54) is 6.92 Å². The maximum absolute atomic E-state index is 10.8. The summed E-state index contributed by atoms with van der Waals surface area (Å²) < 4.78 is 4.38. The van der Waals surface area contributed by atoms with Crippen LogP contribution in [0.15, 0.2) is 12.2 Å². The minimum absolute atomic E-state index is 0.176. The van der Waals surface area contributed by atoms with Gasteiger partial charge in [-0.15, -0.1) is 0 Å². The van der Waals surface area contributed by atoms with Crippen LogP contribution in [-0.2, 0) is 14.3 Å². The minimum atomic E-state index is -0.669. The molecule has 0 fully saturated rings. The summed E-state index contributed by atoms with van der Waals surface area (Å²) in [7, 11) is 0. The van der Waals surface area contributed by atoms with Gasteiger partial charge in [0, 0.05) is 12.0 Å². The molecule has 12 heavy (non-hydrogen) atoms. The van der Waals surface area contributed by atoms with Gasteiger partial charge in [0.15, 0.2) is 0 Å². The number of carbonyl (C=O) groups is 2. The second kappa shape index (κ2) is 5.49. The number of ether oxygens (including phenoxy) is 1. The lowest BCUT2D eigenvalue weighted by molar-refractivity contribution is -0.156. The normalized spacial score (nSPS) is 9.17. The summed E-state index contributed by atoms with van der Waals surface area (Å²) in [6, 6.07) is 0. The van der Waals surface area contributed by atoms with Crippen LogP contribution in [0.2, 0.25) is 0 Å².